The maximum Gasteiger partial charge on any atom is 0.294 e. The van der Waals surface area contributed by atoms with Crippen molar-refractivity contribution in [2.45, 2.75) is 42.6 Å². The molecule has 10 heteroatoms. The number of rotatable bonds is 7. The van der Waals surface area contributed by atoms with Crippen LogP contribution in [0.3, 0.4) is 0 Å². The van der Waals surface area contributed by atoms with E-state index in [-0.39, 0.29) is 23.5 Å². The Morgan fingerprint density at radius 1 is 1.31 bits per heavy atom. The molecule has 3 heterocycles. The van der Waals surface area contributed by atoms with Gasteiger partial charge in [-0.3, -0.25) is 9.59 Å². The lowest BCUT2D eigenvalue weighted by Gasteiger charge is -2.08. The zero-order valence-electron chi connectivity index (χ0n) is 15.4. The number of furan rings is 1. The second-order valence-electron chi connectivity index (χ2n) is 7.06. The summed E-state index contributed by atoms with van der Waals surface area (Å²) in [6.45, 7) is 0.450. The summed E-state index contributed by atoms with van der Waals surface area (Å²) in [7, 11) is 0. The zero-order valence-corrected chi connectivity index (χ0v) is 16.2. The summed E-state index contributed by atoms with van der Waals surface area (Å²) in [4.78, 5) is 31.0. The van der Waals surface area contributed by atoms with Crippen molar-refractivity contribution in [3.63, 3.8) is 0 Å². The molecule has 9 nitrogen and oxygen atoms in total. The lowest BCUT2D eigenvalue weighted by molar-refractivity contribution is -0.118. The predicted molar refractivity (Wildman–Crippen MR) is 108 cm³/mol. The van der Waals surface area contributed by atoms with Gasteiger partial charge in [0.15, 0.2) is 5.16 Å². The average Bonchev–Trinajstić information content (AvgIpc) is 3.36. The summed E-state index contributed by atoms with van der Waals surface area (Å²) in [5, 5.41) is 10.1. The van der Waals surface area contributed by atoms with Crippen molar-refractivity contribution in [3.05, 3.63) is 46.3 Å². The highest BCUT2D eigenvalue weighted by molar-refractivity contribution is 7.98. The van der Waals surface area contributed by atoms with Crippen molar-refractivity contribution < 1.29 is 9.21 Å². The van der Waals surface area contributed by atoms with Gasteiger partial charge in [-0.2, -0.15) is 0 Å². The summed E-state index contributed by atoms with van der Waals surface area (Å²) >= 11 is 1.42. The van der Waals surface area contributed by atoms with Crippen molar-refractivity contribution in [1.29, 1.82) is 0 Å². The fourth-order valence-electron chi connectivity index (χ4n) is 3.33. The lowest BCUT2D eigenvalue weighted by Crippen LogP contribution is -2.15. The van der Waals surface area contributed by atoms with Gasteiger partial charge in [-0.25, -0.2) is 4.98 Å². The number of hydrogen-bond acceptors (Lipinski definition) is 7. The number of benzene rings is 1. The van der Waals surface area contributed by atoms with Gasteiger partial charge in [-0.05, 0) is 25.0 Å². The number of fused-ring (bicyclic) bond motifs is 3. The third kappa shape index (κ3) is 3.39. The number of aromatic amines is 1. The number of thioether (sulfide) groups is 1. The first-order chi connectivity index (χ1) is 14.1. The number of hydrogen-bond donors (Lipinski definition) is 2. The molecule has 1 amide bonds. The summed E-state index contributed by atoms with van der Waals surface area (Å²) in [5.41, 5.74) is 6.41. The van der Waals surface area contributed by atoms with Gasteiger partial charge in [-0.1, -0.05) is 23.9 Å². The average molecular weight is 410 g/mol. The van der Waals surface area contributed by atoms with Crippen LogP contribution >= 0.6 is 11.8 Å². The number of nitrogens with two attached hydrogens (primary N) is 1. The molecule has 0 bridgehead atoms. The van der Waals surface area contributed by atoms with E-state index in [1.807, 2.05) is 28.8 Å². The molecule has 29 heavy (non-hydrogen) atoms. The predicted octanol–water partition coefficient (Wildman–Crippen LogP) is 2.31. The van der Waals surface area contributed by atoms with E-state index in [4.69, 9.17) is 10.2 Å². The quantitative estimate of drug-likeness (QED) is 0.447. The Labute approximate surface area is 168 Å². The van der Waals surface area contributed by atoms with E-state index in [0.29, 0.717) is 40.3 Å². The SMILES string of the molecule is NC(=O)CCn1c(SCc2nc3c(oc4ccccc43)c(=O)[nH]2)nnc1C1CC1. The molecule has 1 aromatic carbocycles. The van der Waals surface area contributed by atoms with E-state index in [9.17, 15) is 9.59 Å². The fourth-order valence-corrected chi connectivity index (χ4v) is 4.17. The number of H-pyrrole nitrogens is 1. The zero-order chi connectivity index (χ0) is 20.0. The molecule has 0 unspecified atom stereocenters. The fraction of sp³-hybridized carbons (Fsp3) is 0.316. The van der Waals surface area contributed by atoms with Gasteiger partial charge in [0.25, 0.3) is 5.56 Å². The van der Waals surface area contributed by atoms with Gasteiger partial charge in [-0.15, -0.1) is 10.2 Å². The van der Waals surface area contributed by atoms with Crippen molar-refractivity contribution in [2.24, 2.45) is 5.73 Å². The Morgan fingerprint density at radius 2 is 2.14 bits per heavy atom. The summed E-state index contributed by atoms with van der Waals surface area (Å²) < 4.78 is 7.58. The summed E-state index contributed by atoms with van der Waals surface area (Å²) in [6, 6.07) is 7.43. The number of para-hydroxylation sites is 1. The molecule has 0 saturated heterocycles. The molecule has 0 radical (unpaired) electrons. The third-order valence-corrected chi connectivity index (χ3v) is 5.87. The van der Waals surface area contributed by atoms with Gasteiger partial charge < -0.3 is 19.7 Å². The van der Waals surface area contributed by atoms with Crippen LogP contribution in [0.4, 0.5) is 0 Å². The van der Waals surface area contributed by atoms with E-state index < -0.39 is 0 Å². The second-order valence-corrected chi connectivity index (χ2v) is 8.00. The molecular weight excluding hydrogens is 392 g/mol. The number of amides is 1. The van der Waals surface area contributed by atoms with Crippen molar-refractivity contribution in [1.82, 2.24) is 24.7 Å². The van der Waals surface area contributed by atoms with Crippen molar-refractivity contribution in [2.75, 3.05) is 0 Å². The molecule has 1 aliphatic carbocycles. The van der Waals surface area contributed by atoms with Gasteiger partial charge in [0.05, 0.1) is 5.75 Å². The van der Waals surface area contributed by atoms with Crippen molar-refractivity contribution in [3.8, 4) is 0 Å². The van der Waals surface area contributed by atoms with E-state index in [2.05, 4.69) is 20.2 Å². The largest absolute Gasteiger partial charge is 0.449 e. The summed E-state index contributed by atoms with van der Waals surface area (Å²) in [5.74, 6) is 1.86. The number of aromatic nitrogens is 5. The summed E-state index contributed by atoms with van der Waals surface area (Å²) in [6.07, 6.45) is 2.39. The molecule has 4 aromatic rings. The highest BCUT2D eigenvalue weighted by Crippen LogP contribution is 2.40. The minimum Gasteiger partial charge on any atom is -0.449 e. The molecule has 3 N–H and O–H groups in total. The van der Waals surface area contributed by atoms with E-state index in [1.165, 1.54) is 11.8 Å². The first-order valence-corrected chi connectivity index (χ1v) is 10.3. The van der Waals surface area contributed by atoms with Crippen LogP contribution in [0, 0.1) is 0 Å². The number of carbonyl (C=O) groups excluding carboxylic acids is 1. The molecule has 3 aromatic heterocycles. The number of nitrogens with one attached hydrogen (secondary N) is 1. The van der Waals surface area contributed by atoms with Gasteiger partial charge in [0.1, 0.15) is 22.7 Å². The highest BCUT2D eigenvalue weighted by atomic mass is 32.2. The van der Waals surface area contributed by atoms with Crippen LogP contribution in [0.2, 0.25) is 0 Å². The topological polar surface area (TPSA) is 133 Å². The van der Waals surface area contributed by atoms with Gasteiger partial charge in [0, 0.05) is 24.3 Å². The first-order valence-electron chi connectivity index (χ1n) is 9.35. The minimum atomic E-state index is -0.361. The number of nitrogens with zero attached hydrogens (tertiary/aromatic N) is 4. The van der Waals surface area contributed by atoms with Crippen LogP contribution < -0.4 is 11.3 Å². The van der Waals surface area contributed by atoms with Gasteiger partial charge in [0.2, 0.25) is 11.5 Å². The molecule has 1 saturated carbocycles. The molecule has 1 aliphatic rings. The molecule has 0 aliphatic heterocycles. The smallest absolute Gasteiger partial charge is 0.294 e. The molecule has 148 valence electrons. The van der Waals surface area contributed by atoms with Crippen LogP contribution in [0.25, 0.3) is 22.1 Å². The second kappa shape index (κ2) is 7.03. The number of primary amides is 1. The van der Waals surface area contributed by atoms with E-state index >= 15 is 0 Å². The van der Waals surface area contributed by atoms with E-state index in [0.717, 1.165) is 24.1 Å². The Balaban J connectivity index is 1.44. The minimum absolute atomic E-state index is 0.223. The normalized spacial score (nSPS) is 14.1. The molecule has 5 rings (SSSR count). The van der Waals surface area contributed by atoms with Crippen molar-refractivity contribution >= 4 is 39.7 Å². The molecule has 1 fully saturated rings. The first kappa shape index (κ1) is 17.9. The van der Waals surface area contributed by atoms with E-state index in [1.54, 1.807) is 0 Å². The molecular formula is C19H18N6O3S. The molecule has 0 spiro atoms. The molecule has 0 atom stereocenters. The Hall–Kier alpha value is -3.14. The highest BCUT2D eigenvalue weighted by Gasteiger charge is 2.30. The standard InChI is InChI=1S/C19H18N6O3S/c20-13(26)7-8-25-17(10-5-6-10)23-24-19(25)29-9-14-21-15-11-3-1-2-4-12(11)28-16(15)18(27)22-14/h1-4,10H,5-9H2,(H2,20,26)(H,21,22,27). The maximum absolute atomic E-state index is 12.4. The Bertz CT molecular complexity index is 1290. The third-order valence-electron chi connectivity index (χ3n) is 4.89. The van der Waals surface area contributed by atoms with Gasteiger partial charge >= 0.3 is 0 Å². The lowest BCUT2D eigenvalue weighted by atomic mass is 10.2. The van der Waals surface area contributed by atoms with Crippen LogP contribution in [-0.2, 0) is 17.1 Å². The van der Waals surface area contributed by atoms with Crippen LogP contribution in [-0.4, -0.2) is 30.6 Å². The Kier molecular flexibility index (Phi) is 4.35. The number of carbonyl (C=O) groups is 1. The van der Waals surface area contributed by atoms with Crippen LogP contribution in [0.15, 0.2) is 38.6 Å². The Morgan fingerprint density at radius 3 is 2.93 bits per heavy atom. The van der Waals surface area contributed by atoms with Crippen LogP contribution in [0.1, 0.15) is 36.8 Å². The monoisotopic (exact) mass is 410 g/mol. The maximum atomic E-state index is 12.4. The van der Waals surface area contributed by atoms with Crippen LogP contribution in [0.5, 0.6) is 0 Å².